The molecule has 196 valence electrons. The average molecular weight is 521 g/mol. The van der Waals surface area contributed by atoms with Gasteiger partial charge in [-0.3, -0.25) is 14.7 Å². The summed E-state index contributed by atoms with van der Waals surface area (Å²) in [6, 6.07) is 11.8. The summed E-state index contributed by atoms with van der Waals surface area (Å²) < 4.78 is 6.09. The van der Waals surface area contributed by atoms with Crippen molar-refractivity contribution in [1.82, 2.24) is 15.2 Å². The lowest BCUT2D eigenvalue weighted by atomic mass is 9.76. The van der Waals surface area contributed by atoms with Crippen molar-refractivity contribution < 1.29 is 14.3 Å². The number of carbonyl (C=O) groups excluding carboxylic acids is 2. The van der Waals surface area contributed by atoms with E-state index in [1.807, 2.05) is 18.2 Å². The van der Waals surface area contributed by atoms with Gasteiger partial charge in [-0.05, 0) is 53.4 Å². The maximum Gasteiger partial charge on any atom is 0.262 e. The molecule has 0 fully saturated rings. The second-order valence-corrected chi connectivity index (χ2v) is 12.0. The Kier molecular flexibility index (Phi) is 7.78. The number of H-pyrrole nitrogens is 1. The molecule has 1 heterocycles. The Labute approximate surface area is 223 Å². The van der Waals surface area contributed by atoms with Crippen LogP contribution in [0.25, 0.3) is 0 Å². The molecule has 1 amide bonds. The first-order valence-electron chi connectivity index (χ1n) is 12.8. The number of amides is 1. The van der Waals surface area contributed by atoms with Crippen molar-refractivity contribution >= 4 is 29.1 Å². The summed E-state index contributed by atoms with van der Waals surface area (Å²) in [4.78, 5) is 30.0. The van der Waals surface area contributed by atoms with Gasteiger partial charge in [0.05, 0.1) is 5.25 Å². The fourth-order valence-electron chi connectivity index (χ4n) is 4.42. The molecule has 0 radical (unpaired) electrons. The van der Waals surface area contributed by atoms with E-state index in [9.17, 15) is 9.59 Å². The highest BCUT2D eigenvalue weighted by Crippen LogP contribution is 2.39. The third-order valence-corrected chi connectivity index (χ3v) is 8.75. The molecule has 8 heteroatoms. The highest BCUT2D eigenvalue weighted by Gasteiger charge is 2.34. The van der Waals surface area contributed by atoms with E-state index in [4.69, 9.17) is 4.74 Å². The van der Waals surface area contributed by atoms with Gasteiger partial charge in [-0.1, -0.05) is 77.6 Å². The molecule has 4 rings (SSSR count). The van der Waals surface area contributed by atoms with Gasteiger partial charge in [0, 0.05) is 16.8 Å². The zero-order valence-electron chi connectivity index (χ0n) is 22.5. The highest BCUT2D eigenvalue weighted by molar-refractivity contribution is 8.00. The predicted octanol–water partition coefficient (Wildman–Crippen LogP) is 6.10. The van der Waals surface area contributed by atoms with Crippen molar-refractivity contribution in [3.63, 3.8) is 0 Å². The molecule has 0 bridgehead atoms. The molecule has 1 atom stereocenters. The molecule has 1 unspecified atom stereocenters. The van der Waals surface area contributed by atoms with Gasteiger partial charge in [-0.15, -0.1) is 0 Å². The number of rotatable bonds is 10. The van der Waals surface area contributed by atoms with E-state index in [1.54, 1.807) is 6.07 Å². The first kappa shape index (κ1) is 26.9. The van der Waals surface area contributed by atoms with Gasteiger partial charge in [0.15, 0.2) is 17.5 Å². The van der Waals surface area contributed by atoms with Crippen molar-refractivity contribution in [1.29, 1.82) is 0 Å². The van der Waals surface area contributed by atoms with Crippen LogP contribution in [0.3, 0.4) is 0 Å². The summed E-state index contributed by atoms with van der Waals surface area (Å²) in [5.41, 5.74) is 4.47. The van der Waals surface area contributed by atoms with E-state index < -0.39 is 0 Å². The average Bonchev–Trinajstić information content (AvgIpc) is 3.51. The van der Waals surface area contributed by atoms with Crippen LogP contribution in [0.5, 0.6) is 5.75 Å². The number of hydrogen-bond donors (Lipinski definition) is 2. The quantitative estimate of drug-likeness (QED) is 0.335. The fourth-order valence-corrected chi connectivity index (χ4v) is 5.38. The number of Topliss-reactive ketones (excluding diaryl/α,β-unsaturated/α-hetero) is 1. The van der Waals surface area contributed by atoms with Crippen molar-refractivity contribution in [2.75, 3.05) is 11.9 Å². The Hall–Kier alpha value is -3.13. The van der Waals surface area contributed by atoms with E-state index in [1.165, 1.54) is 23.7 Å². The maximum atomic E-state index is 13.0. The van der Waals surface area contributed by atoms with Gasteiger partial charge in [-0.2, -0.15) is 5.10 Å². The maximum absolute atomic E-state index is 13.0. The molecular weight excluding hydrogens is 484 g/mol. The van der Waals surface area contributed by atoms with Crippen LogP contribution < -0.4 is 10.1 Å². The molecule has 3 aromatic rings. The lowest BCUT2D eigenvalue weighted by Crippen LogP contribution is -2.24. The fraction of sp³-hybridized carbons (Fsp3) is 0.448. The van der Waals surface area contributed by atoms with Gasteiger partial charge >= 0.3 is 0 Å². The highest BCUT2D eigenvalue weighted by atomic mass is 32.2. The Morgan fingerprint density at radius 1 is 1.14 bits per heavy atom. The van der Waals surface area contributed by atoms with Crippen molar-refractivity contribution in [3.05, 3.63) is 65.0 Å². The van der Waals surface area contributed by atoms with Gasteiger partial charge in [0.25, 0.3) is 5.91 Å². The smallest absolute Gasteiger partial charge is 0.262 e. The number of hydrogen-bond acceptors (Lipinski definition) is 6. The van der Waals surface area contributed by atoms with Crippen LogP contribution in [0.4, 0.5) is 5.69 Å². The van der Waals surface area contributed by atoms with Crippen LogP contribution in [0.1, 0.15) is 81.4 Å². The van der Waals surface area contributed by atoms with Crippen LogP contribution in [0, 0.1) is 0 Å². The summed E-state index contributed by atoms with van der Waals surface area (Å²) >= 11 is 1.35. The SMILES string of the molecule is CCC(C)(C)c1ccc(OCC(=O)Nc2cccc3c2CC(Sc2ncn[nH]2)C3=O)c(C(C)(C)CC)c1. The number of ether oxygens (including phenoxy) is 1. The van der Waals surface area contributed by atoms with Gasteiger partial charge in [0.2, 0.25) is 0 Å². The third-order valence-electron chi connectivity index (χ3n) is 7.66. The van der Waals surface area contributed by atoms with Crippen molar-refractivity contribution in [3.8, 4) is 5.75 Å². The number of carbonyl (C=O) groups is 2. The Morgan fingerprint density at radius 2 is 1.89 bits per heavy atom. The molecule has 1 aromatic heterocycles. The normalized spacial score (nSPS) is 15.5. The molecular formula is C29H36N4O3S. The molecule has 1 aliphatic carbocycles. The summed E-state index contributed by atoms with van der Waals surface area (Å²) in [6.45, 7) is 13.2. The second kappa shape index (κ2) is 10.7. The van der Waals surface area contributed by atoms with Gasteiger partial charge in [-0.25, -0.2) is 4.98 Å². The van der Waals surface area contributed by atoms with Crippen LogP contribution in [0.15, 0.2) is 47.9 Å². The molecule has 7 nitrogen and oxygen atoms in total. The summed E-state index contributed by atoms with van der Waals surface area (Å²) in [7, 11) is 0. The molecule has 2 aromatic carbocycles. The Balaban J connectivity index is 1.48. The molecule has 1 aliphatic rings. The van der Waals surface area contributed by atoms with Crippen LogP contribution in [-0.4, -0.2) is 38.7 Å². The largest absolute Gasteiger partial charge is 0.483 e. The molecule has 0 saturated carbocycles. The summed E-state index contributed by atoms with van der Waals surface area (Å²) in [5.74, 6) is 0.505. The predicted molar refractivity (Wildman–Crippen MR) is 148 cm³/mol. The number of ketones is 1. The van der Waals surface area contributed by atoms with Crippen LogP contribution in [0.2, 0.25) is 0 Å². The minimum absolute atomic E-state index is 0.0327. The zero-order chi connectivity index (χ0) is 26.8. The minimum Gasteiger partial charge on any atom is -0.483 e. The van der Waals surface area contributed by atoms with Gasteiger partial charge < -0.3 is 10.1 Å². The molecule has 2 N–H and O–H groups in total. The van der Waals surface area contributed by atoms with Crippen molar-refractivity contribution in [2.45, 2.75) is 82.0 Å². The Bertz CT molecular complexity index is 1280. The number of nitrogens with zero attached hydrogens (tertiary/aromatic N) is 2. The standard InChI is InChI=1S/C29H36N4O3S/c1-7-28(3,4)18-12-13-23(21(14-18)29(5,6)8-2)36-16-25(34)32-22-11-9-10-19-20(22)15-24(26(19)35)37-27-30-17-31-33-27/h9-14,17,24H,7-8,15-16H2,1-6H3,(H,32,34)(H,30,31,33). The first-order valence-corrected chi connectivity index (χ1v) is 13.7. The number of anilines is 1. The zero-order valence-corrected chi connectivity index (χ0v) is 23.3. The van der Waals surface area contributed by atoms with Crippen molar-refractivity contribution in [2.24, 2.45) is 0 Å². The lowest BCUT2D eigenvalue weighted by molar-refractivity contribution is -0.118. The molecule has 0 aliphatic heterocycles. The number of nitrogens with one attached hydrogen (secondary N) is 2. The summed E-state index contributed by atoms with van der Waals surface area (Å²) in [5, 5.41) is 9.90. The van der Waals surface area contributed by atoms with Crippen LogP contribution >= 0.6 is 11.8 Å². The van der Waals surface area contributed by atoms with Crippen LogP contribution in [-0.2, 0) is 22.0 Å². The van der Waals surface area contributed by atoms with E-state index in [-0.39, 0.29) is 34.4 Å². The molecule has 0 saturated heterocycles. The number of thioether (sulfide) groups is 1. The summed E-state index contributed by atoms with van der Waals surface area (Å²) in [6.07, 6.45) is 3.92. The number of aromatic amines is 1. The second-order valence-electron chi connectivity index (χ2n) is 10.8. The minimum atomic E-state index is -0.304. The van der Waals surface area contributed by atoms with E-state index in [0.29, 0.717) is 22.8 Å². The Morgan fingerprint density at radius 3 is 2.57 bits per heavy atom. The van der Waals surface area contributed by atoms with E-state index in [2.05, 4.69) is 74.2 Å². The molecule has 37 heavy (non-hydrogen) atoms. The van der Waals surface area contributed by atoms with E-state index in [0.717, 1.165) is 29.7 Å². The lowest BCUT2D eigenvalue weighted by Gasteiger charge is -2.30. The van der Waals surface area contributed by atoms with Gasteiger partial charge in [0.1, 0.15) is 12.1 Å². The number of benzene rings is 2. The molecule has 0 spiro atoms. The number of fused-ring (bicyclic) bond motifs is 1. The third kappa shape index (κ3) is 5.74. The monoisotopic (exact) mass is 520 g/mol. The topological polar surface area (TPSA) is 97.0 Å². The first-order chi connectivity index (χ1) is 17.6. The number of aromatic nitrogens is 3. The van der Waals surface area contributed by atoms with E-state index >= 15 is 0 Å².